The molecule has 2 aromatic carbocycles. The van der Waals surface area contributed by atoms with Crippen molar-refractivity contribution in [2.75, 3.05) is 34.0 Å². The zero-order chi connectivity index (χ0) is 26.5. The molecule has 37 heavy (non-hydrogen) atoms. The lowest BCUT2D eigenvalue weighted by molar-refractivity contribution is -0.140. The van der Waals surface area contributed by atoms with E-state index in [-0.39, 0.29) is 30.5 Å². The maximum Gasteiger partial charge on any atom is 0.336 e. The third kappa shape index (κ3) is 5.49. The van der Waals surface area contributed by atoms with Crippen molar-refractivity contribution < 1.29 is 33.6 Å². The van der Waals surface area contributed by atoms with Crippen LogP contribution in [0.15, 0.2) is 65.0 Å². The van der Waals surface area contributed by atoms with Crippen LogP contribution in [0.2, 0.25) is 0 Å². The number of allylic oxidation sites excluding steroid dienone is 3. The molecule has 1 aliphatic carbocycles. The van der Waals surface area contributed by atoms with E-state index >= 15 is 0 Å². The summed E-state index contributed by atoms with van der Waals surface area (Å²) in [6.07, 6.45) is 0.854. The summed E-state index contributed by atoms with van der Waals surface area (Å²) >= 11 is 0. The number of carbonyl (C=O) groups is 2. The highest BCUT2D eigenvalue weighted by molar-refractivity contribution is 6.04. The van der Waals surface area contributed by atoms with Gasteiger partial charge in [0.2, 0.25) is 0 Å². The van der Waals surface area contributed by atoms with Crippen LogP contribution >= 0.6 is 0 Å². The maximum absolute atomic E-state index is 13.7. The van der Waals surface area contributed by atoms with Crippen LogP contribution in [0.25, 0.3) is 0 Å². The number of benzene rings is 2. The van der Waals surface area contributed by atoms with Crippen molar-refractivity contribution in [3.8, 4) is 17.2 Å². The molecule has 196 valence electrons. The van der Waals surface area contributed by atoms with E-state index in [0.717, 1.165) is 11.3 Å². The topological polar surface area (TPSA) is 103 Å². The molecular formula is C29H33NO7. The highest BCUT2D eigenvalue weighted by atomic mass is 16.6. The van der Waals surface area contributed by atoms with Gasteiger partial charge in [0.15, 0.2) is 17.3 Å². The molecule has 1 aliphatic heterocycles. The Morgan fingerprint density at radius 1 is 1.03 bits per heavy atom. The molecule has 2 atom stereocenters. The summed E-state index contributed by atoms with van der Waals surface area (Å²) in [5.41, 5.74) is 3.91. The molecule has 0 saturated carbocycles. The van der Waals surface area contributed by atoms with E-state index in [1.165, 1.54) is 0 Å². The molecule has 8 heteroatoms. The third-order valence-electron chi connectivity index (χ3n) is 6.79. The van der Waals surface area contributed by atoms with Crippen molar-refractivity contribution in [2.24, 2.45) is 0 Å². The van der Waals surface area contributed by atoms with Gasteiger partial charge in [0.25, 0.3) is 0 Å². The minimum absolute atomic E-state index is 0.0611. The fraction of sp³-hybridized carbons (Fsp3) is 0.379. The number of aromatic hydroxyl groups is 1. The summed E-state index contributed by atoms with van der Waals surface area (Å²) < 4.78 is 21.6. The SMILES string of the molecule is CCOCCOC(=O)C1=C(C)NC2=C(C(=O)C[C@@H](c3ccc(OC)c(OC)c3)C2)[C@@H]1c1cccc(O)c1. The maximum atomic E-state index is 13.7. The van der Waals surface area contributed by atoms with Crippen molar-refractivity contribution in [2.45, 2.75) is 38.5 Å². The quantitative estimate of drug-likeness (QED) is 0.381. The van der Waals surface area contributed by atoms with E-state index < -0.39 is 11.9 Å². The summed E-state index contributed by atoms with van der Waals surface area (Å²) in [5.74, 6) is -0.00799. The van der Waals surface area contributed by atoms with Gasteiger partial charge in [0.05, 0.1) is 26.4 Å². The van der Waals surface area contributed by atoms with Gasteiger partial charge in [-0.05, 0) is 61.6 Å². The smallest absolute Gasteiger partial charge is 0.336 e. The summed E-state index contributed by atoms with van der Waals surface area (Å²) in [4.78, 5) is 27.0. The number of methoxy groups -OCH3 is 2. The molecule has 2 N–H and O–H groups in total. The number of rotatable bonds is 9. The highest BCUT2D eigenvalue weighted by Crippen LogP contribution is 2.46. The molecule has 0 bridgehead atoms. The Morgan fingerprint density at radius 2 is 1.81 bits per heavy atom. The lowest BCUT2D eigenvalue weighted by Crippen LogP contribution is -2.36. The first kappa shape index (κ1) is 26.3. The predicted molar refractivity (Wildman–Crippen MR) is 138 cm³/mol. The predicted octanol–water partition coefficient (Wildman–Crippen LogP) is 4.35. The van der Waals surface area contributed by atoms with Crippen molar-refractivity contribution in [1.82, 2.24) is 5.32 Å². The van der Waals surface area contributed by atoms with Crippen LogP contribution in [0, 0.1) is 0 Å². The van der Waals surface area contributed by atoms with Gasteiger partial charge in [-0.25, -0.2) is 4.79 Å². The van der Waals surface area contributed by atoms with Gasteiger partial charge >= 0.3 is 5.97 Å². The Balaban J connectivity index is 1.71. The number of nitrogens with one attached hydrogen (secondary N) is 1. The fourth-order valence-electron chi connectivity index (χ4n) is 5.11. The van der Waals surface area contributed by atoms with Crippen LogP contribution in [0.5, 0.6) is 17.2 Å². The van der Waals surface area contributed by atoms with Gasteiger partial charge in [-0.3, -0.25) is 4.79 Å². The molecule has 0 radical (unpaired) electrons. The molecule has 0 saturated heterocycles. The van der Waals surface area contributed by atoms with Gasteiger partial charge in [-0.2, -0.15) is 0 Å². The standard InChI is InChI=1S/C29H33NO7/c1-5-36-11-12-37-29(33)26-17(2)30-22-14-20(18-9-10-24(34-3)25(16-18)35-4)15-23(32)28(22)27(26)19-7-6-8-21(31)13-19/h6-10,13,16,20,27,30-31H,5,11-12,14-15H2,1-4H3/t20-,27+/m0/s1. The molecule has 0 spiro atoms. The second-order valence-electron chi connectivity index (χ2n) is 9.06. The molecule has 4 rings (SSSR count). The first-order valence-electron chi connectivity index (χ1n) is 12.4. The van der Waals surface area contributed by atoms with Gasteiger partial charge in [-0.1, -0.05) is 18.2 Å². The van der Waals surface area contributed by atoms with Crippen LogP contribution in [0.1, 0.15) is 49.7 Å². The van der Waals surface area contributed by atoms with E-state index in [0.29, 0.717) is 53.5 Å². The largest absolute Gasteiger partial charge is 0.508 e. The number of hydrogen-bond acceptors (Lipinski definition) is 8. The molecule has 1 heterocycles. The van der Waals surface area contributed by atoms with E-state index in [1.807, 2.05) is 38.1 Å². The van der Waals surface area contributed by atoms with Gasteiger partial charge in [0.1, 0.15) is 12.4 Å². The van der Waals surface area contributed by atoms with E-state index in [1.54, 1.807) is 32.4 Å². The first-order chi connectivity index (χ1) is 17.9. The Hall–Kier alpha value is -3.78. The van der Waals surface area contributed by atoms with Crippen molar-refractivity contribution >= 4 is 11.8 Å². The molecule has 2 aliphatic rings. The number of phenols is 1. The average Bonchev–Trinajstić information content (AvgIpc) is 2.89. The first-order valence-corrected chi connectivity index (χ1v) is 12.4. The molecule has 0 unspecified atom stereocenters. The van der Waals surface area contributed by atoms with Crippen LogP contribution in [0.4, 0.5) is 0 Å². The van der Waals surface area contributed by atoms with E-state index in [2.05, 4.69) is 5.32 Å². The Morgan fingerprint density at radius 3 is 2.51 bits per heavy atom. The van der Waals surface area contributed by atoms with Crippen LogP contribution in [-0.2, 0) is 19.1 Å². The lowest BCUT2D eigenvalue weighted by atomic mass is 9.71. The summed E-state index contributed by atoms with van der Waals surface area (Å²) in [7, 11) is 3.17. The molecule has 2 aromatic rings. The zero-order valence-electron chi connectivity index (χ0n) is 21.6. The number of ether oxygens (including phenoxy) is 4. The highest BCUT2D eigenvalue weighted by Gasteiger charge is 2.41. The van der Waals surface area contributed by atoms with Gasteiger partial charge < -0.3 is 29.4 Å². The summed E-state index contributed by atoms with van der Waals surface area (Å²) in [6, 6.07) is 12.4. The molecule has 0 fully saturated rings. The minimum atomic E-state index is -0.651. The number of dihydropyridines is 1. The Bertz CT molecular complexity index is 1250. The monoisotopic (exact) mass is 507 g/mol. The number of carbonyl (C=O) groups excluding carboxylic acids is 2. The fourth-order valence-corrected chi connectivity index (χ4v) is 5.11. The average molecular weight is 508 g/mol. The van der Waals surface area contributed by atoms with Gasteiger partial charge in [0, 0.05) is 35.9 Å². The van der Waals surface area contributed by atoms with Crippen molar-refractivity contribution in [3.63, 3.8) is 0 Å². The van der Waals surface area contributed by atoms with Crippen LogP contribution in [0.3, 0.4) is 0 Å². The molecule has 8 nitrogen and oxygen atoms in total. The zero-order valence-corrected chi connectivity index (χ0v) is 21.6. The van der Waals surface area contributed by atoms with Crippen LogP contribution in [-0.4, -0.2) is 50.9 Å². The number of hydrogen-bond donors (Lipinski definition) is 2. The Kier molecular flexibility index (Phi) is 8.18. The molecular weight excluding hydrogens is 474 g/mol. The number of ketones is 1. The second kappa shape index (κ2) is 11.5. The summed E-state index contributed by atoms with van der Waals surface area (Å²) in [5, 5.41) is 13.5. The second-order valence-corrected chi connectivity index (χ2v) is 9.06. The Labute approximate surface area is 216 Å². The van der Waals surface area contributed by atoms with Crippen molar-refractivity contribution in [3.05, 3.63) is 76.1 Å². The number of esters is 1. The third-order valence-corrected chi connectivity index (χ3v) is 6.79. The summed E-state index contributed by atoms with van der Waals surface area (Å²) in [6.45, 7) is 4.60. The number of phenolic OH excluding ortho intramolecular Hbond substituents is 1. The minimum Gasteiger partial charge on any atom is -0.508 e. The molecule has 0 aromatic heterocycles. The van der Waals surface area contributed by atoms with Gasteiger partial charge in [-0.15, -0.1) is 0 Å². The van der Waals surface area contributed by atoms with E-state index in [4.69, 9.17) is 18.9 Å². The number of Topliss-reactive ketones (excluding diaryl/α,β-unsaturated/α-hetero) is 1. The lowest BCUT2D eigenvalue weighted by Gasteiger charge is -2.36. The van der Waals surface area contributed by atoms with Crippen molar-refractivity contribution in [1.29, 1.82) is 0 Å². The normalized spacial score (nSPS) is 19.3. The van der Waals surface area contributed by atoms with E-state index in [9.17, 15) is 14.7 Å². The molecule has 0 amide bonds. The van der Waals surface area contributed by atoms with Crippen LogP contribution < -0.4 is 14.8 Å².